The number of ether oxygens (including phenoxy) is 2. The zero-order valence-corrected chi connectivity index (χ0v) is 56.5. The maximum absolute atomic E-state index is 9.80. The number of rotatable bonds is 31. The van der Waals surface area contributed by atoms with Gasteiger partial charge in [-0.3, -0.25) is 0 Å². The molecule has 0 spiro atoms. The fourth-order valence-electron chi connectivity index (χ4n) is 8.53. The highest BCUT2D eigenvalue weighted by Gasteiger charge is 2.45. The molecule has 0 saturated carbocycles. The van der Waals surface area contributed by atoms with Gasteiger partial charge in [-0.05, 0) is 133 Å². The second-order valence-electron chi connectivity index (χ2n) is 28.4. The molecule has 1 N–H and O–H groups in total. The van der Waals surface area contributed by atoms with Crippen molar-refractivity contribution in [1.82, 2.24) is 0 Å². The van der Waals surface area contributed by atoms with Gasteiger partial charge in [-0.15, -0.1) is 0 Å². The maximum Gasteiger partial charge on any atom is 0.192 e. The van der Waals surface area contributed by atoms with E-state index in [0.717, 1.165) is 37.0 Å². The van der Waals surface area contributed by atoms with Crippen LogP contribution in [0.1, 0.15) is 156 Å². The van der Waals surface area contributed by atoms with E-state index in [0.29, 0.717) is 18.4 Å². The standard InChI is InChI=1S/C62H118O7Si4/c1-29-30-32-48(4)58(65-45-52-36-39-53(64-20)40-37-52)51(7)55(67-71(23,24)60(11,12)13)41-34-46(2)43-50(6)57(69-73(27,28)62(17,18)19)49(5)35-38-54(66-70(21,22)59(8,9)10)44-56(47(3)33-31-42-63)68-72(25,26)61(14,15)16/h29-33,35-40,46-51,54-58,63H,1,34,41-45H2,2-28H3/t46-,47+,48-,49-,50-,51-,54+,55+,56-,57-,58-/m0/s1. The van der Waals surface area contributed by atoms with Gasteiger partial charge in [0.2, 0.25) is 0 Å². The first-order chi connectivity index (χ1) is 33.1. The van der Waals surface area contributed by atoms with E-state index in [1.165, 1.54) is 0 Å². The average molecular weight is 1090 g/mol. The number of allylic oxidation sites excluding steroid dienone is 2. The first-order valence-corrected chi connectivity index (χ1v) is 39.9. The van der Waals surface area contributed by atoms with Crippen LogP contribution in [0.2, 0.25) is 72.5 Å². The van der Waals surface area contributed by atoms with Gasteiger partial charge in [0, 0.05) is 18.3 Å². The highest BCUT2D eigenvalue weighted by atomic mass is 28.4. The fraction of sp³-hybridized carbons (Fsp3) is 0.774. The lowest BCUT2D eigenvalue weighted by Crippen LogP contribution is -2.48. The molecule has 0 saturated heterocycles. The predicted octanol–water partition coefficient (Wildman–Crippen LogP) is 18.4. The highest BCUT2D eigenvalue weighted by molar-refractivity contribution is 6.75. The van der Waals surface area contributed by atoms with Crippen LogP contribution in [0.25, 0.3) is 0 Å². The Hall–Kier alpha value is -1.39. The largest absolute Gasteiger partial charge is 0.497 e. The Kier molecular flexibility index (Phi) is 27.7. The van der Waals surface area contributed by atoms with Crippen LogP contribution in [-0.4, -0.2) is 82.6 Å². The molecule has 0 fully saturated rings. The van der Waals surface area contributed by atoms with Crippen LogP contribution in [0.5, 0.6) is 5.75 Å². The van der Waals surface area contributed by atoms with Crippen LogP contribution >= 0.6 is 0 Å². The third kappa shape index (κ3) is 22.5. The molecule has 73 heavy (non-hydrogen) atoms. The molecule has 0 aliphatic carbocycles. The molecule has 1 rings (SSSR count). The Balaban J connectivity index is 3.78. The molecule has 1 aromatic rings. The van der Waals surface area contributed by atoms with E-state index < -0.39 is 33.3 Å². The van der Waals surface area contributed by atoms with Crippen molar-refractivity contribution in [2.75, 3.05) is 13.7 Å². The second kappa shape index (κ2) is 29.0. The molecule has 1 aromatic carbocycles. The summed E-state index contributed by atoms with van der Waals surface area (Å²) in [6.07, 6.45) is 18.5. The first kappa shape index (κ1) is 69.6. The number of aliphatic hydroxyl groups is 1. The minimum Gasteiger partial charge on any atom is -0.497 e. The Labute approximate surface area is 457 Å². The number of benzene rings is 1. The molecule has 0 aliphatic rings. The van der Waals surface area contributed by atoms with Gasteiger partial charge in [-0.25, -0.2) is 0 Å². The summed E-state index contributed by atoms with van der Waals surface area (Å²) < 4.78 is 42.1. The highest BCUT2D eigenvalue weighted by Crippen LogP contribution is 2.44. The summed E-state index contributed by atoms with van der Waals surface area (Å²) >= 11 is 0. The monoisotopic (exact) mass is 1090 g/mol. The van der Waals surface area contributed by atoms with Gasteiger partial charge in [0.25, 0.3) is 0 Å². The lowest BCUT2D eigenvalue weighted by Gasteiger charge is -2.44. The summed E-state index contributed by atoms with van der Waals surface area (Å²) in [5.74, 6) is 2.16. The molecule has 0 unspecified atom stereocenters. The van der Waals surface area contributed by atoms with Crippen molar-refractivity contribution in [3.8, 4) is 5.75 Å². The van der Waals surface area contributed by atoms with Crippen molar-refractivity contribution >= 4 is 33.3 Å². The molecule has 0 aromatic heterocycles. The van der Waals surface area contributed by atoms with E-state index >= 15 is 0 Å². The summed E-state index contributed by atoms with van der Waals surface area (Å²) in [4.78, 5) is 0. The van der Waals surface area contributed by atoms with E-state index in [4.69, 9.17) is 27.2 Å². The number of hydrogen-bond acceptors (Lipinski definition) is 7. The second-order valence-corrected chi connectivity index (χ2v) is 47.4. The van der Waals surface area contributed by atoms with E-state index in [1.807, 2.05) is 24.3 Å². The number of hydrogen-bond donors (Lipinski definition) is 1. The van der Waals surface area contributed by atoms with Gasteiger partial charge in [0.1, 0.15) is 5.75 Å². The van der Waals surface area contributed by atoms with Gasteiger partial charge in [-0.2, -0.15) is 0 Å². The minimum absolute atomic E-state index is 0.0181. The fourth-order valence-corrected chi connectivity index (χ4v) is 14.2. The molecule has 0 radical (unpaired) electrons. The Morgan fingerprint density at radius 2 is 1.01 bits per heavy atom. The molecule has 0 heterocycles. The van der Waals surface area contributed by atoms with Crippen LogP contribution < -0.4 is 4.74 Å². The minimum atomic E-state index is -2.20. The Morgan fingerprint density at radius 3 is 1.48 bits per heavy atom. The third-order valence-electron chi connectivity index (χ3n) is 17.8. The zero-order valence-electron chi connectivity index (χ0n) is 52.5. The molecular formula is C62H118O7Si4. The van der Waals surface area contributed by atoms with Gasteiger partial charge >= 0.3 is 0 Å². The first-order valence-electron chi connectivity index (χ1n) is 28.3. The molecular weight excluding hydrogens is 969 g/mol. The summed E-state index contributed by atoms with van der Waals surface area (Å²) in [5.41, 5.74) is 1.13. The van der Waals surface area contributed by atoms with E-state index in [1.54, 1.807) is 7.11 Å². The van der Waals surface area contributed by atoms with Crippen LogP contribution in [0, 0.1) is 35.5 Å². The van der Waals surface area contributed by atoms with Gasteiger partial charge < -0.3 is 32.3 Å². The maximum atomic E-state index is 9.80. The van der Waals surface area contributed by atoms with Crippen molar-refractivity contribution in [2.45, 2.75) is 260 Å². The molecule has 424 valence electrons. The van der Waals surface area contributed by atoms with Crippen molar-refractivity contribution < 1.29 is 32.3 Å². The smallest absolute Gasteiger partial charge is 0.192 e. The molecule has 0 aliphatic heterocycles. The van der Waals surface area contributed by atoms with Crippen LogP contribution in [0.3, 0.4) is 0 Å². The Morgan fingerprint density at radius 1 is 0.548 bits per heavy atom. The third-order valence-corrected chi connectivity index (χ3v) is 35.8. The lowest BCUT2D eigenvalue weighted by molar-refractivity contribution is -0.0551. The van der Waals surface area contributed by atoms with Crippen LogP contribution in [0.4, 0.5) is 0 Å². The van der Waals surface area contributed by atoms with Gasteiger partial charge in [0.05, 0.1) is 50.8 Å². The van der Waals surface area contributed by atoms with E-state index in [2.05, 4.69) is 226 Å². The average Bonchev–Trinajstić information content (AvgIpc) is 3.25. The van der Waals surface area contributed by atoms with Gasteiger partial charge in [-0.1, -0.05) is 186 Å². The molecule has 11 heteroatoms. The van der Waals surface area contributed by atoms with Crippen molar-refractivity contribution in [2.24, 2.45) is 35.5 Å². The van der Waals surface area contributed by atoms with Crippen LogP contribution in [0.15, 0.2) is 73.4 Å². The van der Waals surface area contributed by atoms with Gasteiger partial charge in [0.15, 0.2) is 33.3 Å². The van der Waals surface area contributed by atoms with E-state index in [9.17, 15) is 5.11 Å². The van der Waals surface area contributed by atoms with Crippen LogP contribution in [-0.2, 0) is 29.0 Å². The van der Waals surface area contributed by atoms with Crippen molar-refractivity contribution in [1.29, 1.82) is 0 Å². The quantitative estimate of drug-likeness (QED) is 0.0451. The number of methoxy groups -OCH3 is 1. The lowest BCUT2D eigenvalue weighted by atomic mass is 9.82. The number of aliphatic hydroxyl groups excluding tert-OH is 1. The Bertz CT molecular complexity index is 1830. The van der Waals surface area contributed by atoms with E-state index in [-0.39, 0.29) is 81.0 Å². The predicted molar refractivity (Wildman–Crippen MR) is 328 cm³/mol. The molecule has 7 nitrogen and oxygen atoms in total. The SMILES string of the molecule is C=CC=C[C@H](C)[C@H](OCc1ccc(OC)cc1)[C@@H](C)[C@@H](CC[C@H](C)C[C@H](C)[C@@H](O[Si](C)(C)C(C)(C)C)[C@@H](C)C=C[C@H](C[C@H](O[Si](C)(C)C(C)(C)C)[C@H](C)C=CCO)O[Si](C)(C)C(C)(C)C)O[Si](C)(C)C(C)(C)C. The summed E-state index contributed by atoms with van der Waals surface area (Å²) in [5, 5.41) is 10.0. The topological polar surface area (TPSA) is 75.6 Å². The molecule has 0 amide bonds. The normalized spacial score (nSPS) is 18.8. The summed E-state index contributed by atoms with van der Waals surface area (Å²) in [6, 6.07) is 8.21. The van der Waals surface area contributed by atoms with Crippen molar-refractivity contribution in [3.63, 3.8) is 0 Å². The molecule has 11 atom stereocenters. The molecule has 0 bridgehead atoms. The van der Waals surface area contributed by atoms with Crippen molar-refractivity contribution in [3.05, 3.63) is 78.9 Å². The zero-order chi connectivity index (χ0) is 56.8. The summed E-state index contributed by atoms with van der Waals surface area (Å²) in [7, 11) is -6.98. The summed E-state index contributed by atoms with van der Waals surface area (Å²) in [6.45, 7) is 65.6.